The van der Waals surface area contributed by atoms with E-state index >= 15 is 0 Å². The summed E-state index contributed by atoms with van der Waals surface area (Å²) in [6.45, 7) is 1.21. The number of furan rings is 1. The standard InChI is InChI=1S/C25H23F4N3O3/c26-19-7-2-8-20(13-19)31-24(34)30-14-16-4-3-11-32(15-16)23(33)22-10-9-21(35-22)17-5-1-6-18(12-17)25(27,28)29/h1-2,5-10,12-13,16H,3-4,11,14-15H2,(H2,30,31,34). The Hall–Kier alpha value is -3.82. The van der Waals surface area contributed by atoms with Crippen LogP contribution in [-0.2, 0) is 6.18 Å². The number of likely N-dealkylation sites (tertiary alicyclic amines) is 1. The lowest BCUT2D eigenvalue weighted by Gasteiger charge is -2.32. The summed E-state index contributed by atoms with van der Waals surface area (Å²) in [5.41, 5.74) is -0.242. The molecule has 1 aliphatic heterocycles. The number of amides is 3. The van der Waals surface area contributed by atoms with Crippen molar-refractivity contribution in [3.8, 4) is 11.3 Å². The molecule has 1 aromatic heterocycles. The minimum atomic E-state index is -4.48. The largest absolute Gasteiger partial charge is 0.451 e. The van der Waals surface area contributed by atoms with Crippen LogP contribution >= 0.6 is 0 Å². The molecular formula is C25H23F4N3O3. The number of urea groups is 1. The third kappa shape index (κ3) is 6.20. The van der Waals surface area contributed by atoms with Gasteiger partial charge >= 0.3 is 12.2 Å². The van der Waals surface area contributed by atoms with Crippen LogP contribution in [-0.4, -0.2) is 36.5 Å². The van der Waals surface area contributed by atoms with Gasteiger partial charge in [0.25, 0.3) is 5.91 Å². The van der Waals surface area contributed by atoms with Crippen LogP contribution in [0.3, 0.4) is 0 Å². The van der Waals surface area contributed by atoms with Crippen molar-refractivity contribution < 1.29 is 31.6 Å². The maximum absolute atomic E-state index is 13.3. The van der Waals surface area contributed by atoms with E-state index in [-0.39, 0.29) is 28.9 Å². The number of carbonyl (C=O) groups excluding carboxylic acids is 2. The van der Waals surface area contributed by atoms with E-state index in [1.807, 2.05) is 0 Å². The Balaban J connectivity index is 1.34. The van der Waals surface area contributed by atoms with Gasteiger partial charge in [0.2, 0.25) is 0 Å². The maximum atomic E-state index is 13.3. The van der Waals surface area contributed by atoms with E-state index in [4.69, 9.17) is 4.42 Å². The van der Waals surface area contributed by atoms with E-state index in [1.54, 1.807) is 11.0 Å². The topological polar surface area (TPSA) is 74.6 Å². The molecule has 3 amide bonds. The van der Waals surface area contributed by atoms with Crippen molar-refractivity contribution in [2.75, 3.05) is 25.0 Å². The maximum Gasteiger partial charge on any atom is 0.416 e. The van der Waals surface area contributed by atoms with Crippen molar-refractivity contribution in [1.82, 2.24) is 10.2 Å². The predicted octanol–water partition coefficient (Wildman–Crippen LogP) is 5.78. The first-order valence-electron chi connectivity index (χ1n) is 11.1. The second-order valence-electron chi connectivity index (χ2n) is 8.35. The van der Waals surface area contributed by atoms with Crippen LogP contribution < -0.4 is 10.6 Å². The van der Waals surface area contributed by atoms with Gasteiger partial charge in [0.1, 0.15) is 11.6 Å². The van der Waals surface area contributed by atoms with E-state index in [2.05, 4.69) is 10.6 Å². The van der Waals surface area contributed by atoms with E-state index in [0.717, 1.165) is 25.0 Å². The average Bonchev–Trinajstić information content (AvgIpc) is 3.32. The molecule has 0 saturated carbocycles. The molecule has 0 radical (unpaired) electrons. The summed E-state index contributed by atoms with van der Waals surface area (Å²) in [5.74, 6) is -0.613. The lowest BCUT2D eigenvalue weighted by atomic mass is 9.98. The van der Waals surface area contributed by atoms with Gasteiger partial charge in [-0.05, 0) is 61.2 Å². The molecule has 1 saturated heterocycles. The van der Waals surface area contributed by atoms with Gasteiger partial charge in [-0.15, -0.1) is 0 Å². The number of carbonyl (C=O) groups is 2. The SMILES string of the molecule is O=C(NCC1CCCN(C(=O)c2ccc(-c3cccc(C(F)(F)F)c3)o2)C1)Nc1cccc(F)c1. The molecule has 0 bridgehead atoms. The number of nitrogens with one attached hydrogen (secondary N) is 2. The zero-order chi connectivity index (χ0) is 25.0. The average molecular weight is 489 g/mol. The van der Waals surface area contributed by atoms with Gasteiger partial charge in [-0.3, -0.25) is 4.79 Å². The van der Waals surface area contributed by atoms with E-state index < -0.39 is 23.6 Å². The summed E-state index contributed by atoms with van der Waals surface area (Å²) in [4.78, 5) is 26.7. The van der Waals surface area contributed by atoms with Crippen LogP contribution in [0.15, 0.2) is 65.1 Å². The van der Waals surface area contributed by atoms with Crippen LogP contribution in [0.2, 0.25) is 0 Å². The summed E-state index contributed by atoms with van der Waals surface area (Å²) in [6.07, 6.45) is -2.95. The van der Waals surface area contributed by atoms with Crippen molar-refractivity contribution in [1.29, 1.82) is 0 Å². The van der Waals surface area contributed by atoms with Gasteiger partial charge < -0.3 is 20.0 Å². The van der Waals surface area contributed by atoms with E-state index in [1.165, 1.54) is 42.5 Å². The molecule has 0 spiro atoms. The zero-order valence-corrected chi connectivity index (χ0v) is 18.6. The molecule has 35 heavy (non-hydrogen) atoms. The first-order chi connectivity index (χ1) is 16.7. The smallest absolute Gasteiger partial charge is 0.416 e. The van der Waals surface area contributed by atoms with Crippen LogP contribution in [0.25, 0.3) is 11.3 Å². The van der Waals surface area contributed by atoms with Crippen molar-refractivity contribution in [3.05, 3.63) is 77.8 Å². The zero-order valence-electron chi connectivity index (χ0n) is 18.6. The molecular weight excluding hydrogens is 466 g/mol. The Labute approximate surface area is 198 Å². The third-order valence-electron chi connectivity index (χ3n) is 5.73. The Morgan fingerprint density at radius 3 is 2.63 bits per heavy atom. The van der Waals surface area contributed by atoms with Gasteiger partial charge in [-0.2, -0.15) is 13.2 Å². The van der Waals surface area contributed by atoms with Gasteiger partial charge in [-0.25, -0.2) is 9.18 Å². The molecule has 6 nitrogen and oxygen atoms in total. The lowest BCUT2D eigenvalue weighted by molar-refractivity contribution is -0.137. The summed E-state index contributed by atoms with van der Waals surface area (Å²) in [5, 5.41) is 5.29. The quantitative estimate of drug-likeness (QED) is 0.447. The molecule has 1 fully saturated rings. The molecule has 3 aromatic rings. The number of hydrogen-bond donors (Lipinski definition) is 2. The number of rotatable bonds is 5. The van der Waals surface area contributed by atoms with Crippen molar-refractivity contribution in [2.24, 2.45) is 5.92 Å². The first-order valence-corrected chi connectivity index (χ1v) is 11.1. The van der Waals surface area contributed by atoms with Crippen molar-refractivity contribution in [3.63, 3.8) is 0 Å². The van der Waals surface area contributed by atoms with Crippen LogP contribution in [0, 0.1) is 11.7 Å². The number of alkyl halides is 3. The second-order valence-corrected chi connectivity index (χ2v) is 8.35. The second kappa shape index (κ2) is 10.2. The molecule has 2 heterocycles. The monoisotopic (exact) mass is 489 g/mol. The summed E-state index contributed by atoms with van der Waals surface area (Å²) >= 11 is 0. The van der Waals surface area contributed by atoms with Crippen molar-refractivity contribution >= 4 is 17.6 Å². The third-order valence-corrected chi connectivity index (χ3v) is 5.73. The van der Waals surface area contributed by atoms with E-state index in [0.29, 0.717) is 25.3 Å². The molecule has 2 aromatic carbocycles. The molecule has 10 heteroatoms. The van der Waals surface area contributed by atoms with Crippen LogP contribution in [0.4, 0.5) is 28.0 Å². The normalized spacial score (nSPS) is 16.1. The van der Waals surface area contributed by atoms with Gasteiger partial charge in [0.15, 0.2) is 5.76 Å². The Morgan fingerprint density at radius 1 is 1.06 bits per heavy atom. The number of halogens is 4. The Bertz CT molecular complexity index is 1210. The molecule has 1 unspecified atom stereocenters. The highest BCUT2D eigenvalue weighted by Gasteiger charge is 2.31. The highest BCUT2D eigenvalue weighted by atomic mass is 19.4. The number of piperidine rings is 1. The molecule has 0 aliphatic carbocycles. The number of nitrogens with zero attached hydrogens (tertiary/aromatic N) is 1. The molecule has 2 N–H and O–H groups in total. The molecule has 1 aliphatic rings. The fourth-order valence-corrected chi connectivity index (χ4v) is 4.01. The van der Waals surface area contributed by atoms with Crippen LogP contribution in [0.1, 0.15) is 29.0 Å². The highest BCUT2D eigenvalue weighted by molar-refractivity contribution is 5.92. The Morgan fingerprint density at radius 2 is 1.86 bits per heavy atom. The molecule has 184 valence electrons. The van der Waals surface area contributed by atoms with Gasteiger partial charge in [-0.1, -0.05) is 18.2 Å². The summed E-state index contributed by atoms with van der Waals surface area (Å²) in [7, 11) is 0. The minimum absolute atomic E-state index is 0.00357. The Kier molecular flexibility index (Phi) is 7.09. The fraction of sp³-hybridized carbons (Fsp3) is 0.280. The van der Waals surface area contributed by atoms with Crippen molar-refractivity contribution in [2.45, 2.75) is 19.0 Å². The summed E-state index contributed by atoms with van der Waals surface area (Å²) in [6, 6.07) is 12.7. The predicted molar refractivity (Wildman–Crippen MR) is 121 cm³/mol. The van der Waals surface area contributed by atoms with E-state index in [9.17, 15) is 27.2 Å². The fourth-order valence-electron chi connectivity index (χ4n) is 4.01. The summed E-state index contributed by atoms with van der Waals surface area (Å²) < 4.78 is 57.8. The van der Waals surface area contributed by atoms with Crippen LogP contribution in [0.5, 0.6) is 0 Å². The lowest BCUT2D eigenvalue weighted by Crippen LogP contribution is -2.44. The minimum Gasteiger partial charge on any atom is -0.451 e. The highest BCUT2D eigenvalue weighted by Crippen LogP contribution is 2.33. The number of anilines is 1. The first kappa shape index (κ1) is 24.3. The van der Waals surface area contributed by atoms with Gasteiger partial charge in [0.05, 0.1) is 5.56 Å². The molecule has 1 atom stereocenters. The molecule has 4 rings (SSSR count). The number of benzene rings is 2. The van der Waals surface area contributed by atoms with Gasteiger partial charge in [0, 0.05) is 30.9 Å². The number of hydrogen-bond acceptors (Lipinski definition) is 3.